The molecule has 0 amide bonds. The van der Waals surface area contributed by atoms with Crippen molar-refractivity contribution >= 4 is 0 Å². The first kappa shape index (κ1) is 13.2. The summed E-state index contributed by atoms with van der Waals surface area (Å²) in [5.74, 6) is 1.77. The molecule has 1 fully saturated rings. The lowest BCUT2D eigenvalue weighted by molar-refractivity contribution is 0.0261. The molecular formula is C14H21NO3. The van der Waals surface area contributed by atoms with Gasteiger partial charge < -0.3 is 19.5 Å². The van der Waals surface area contributed by atoms with Crippen LogP contribution in [0, 0.1) is 6.92 Å². The second-order valence-corrected chi connectivity index (χ2v) is 4.36. The lowest BCUT2D eigenvalue weighted by Crippen LogP contribution is -2.33. The van der Waals surface area contributed by atoms with Crippen LogP contribution in [0.3, 0.4) is 0 Å². The summed E-state index contributed by atoms with van der Waals surface area (Å²) in [6.45, 7) is 7.12. The molecule has 0 spiro atoms. The molecule has 1 unspecified atom stereocenters. The SMILES string of the molecule is CCOc1cc(C2CNCCO2)c(OC)cc1C. The zero-order valence-corrected chi connectivity index (χ0v) is 11.3. The summed E-state index contributed by atoms with van der Waals surface area (Å²) in [5.41, 5.74) is 2.14. The minimum absolute atomic E-state index is 0.0357. The highest BCUT2D eigenvalue weighted by molar-refractivity contribution is 5.47. The fourth-order valence-electron chi connectivity index (χ4n) is 2.18. The van der Waals surface area contributed by atoms with E-state index >= 15 is 0 Å². The molecule has 1 aromatic rings. The van der Waals surface area contributed by atoms with Gasteiger partial charge in [-0.2, -0.15) is 0 Å². The van der Waals surface area contributed by atoms with Gasteiger partial charge in [0.15, 0.2) is 0 Å². The molecule has 1 aliphatic heterocycles. The molecule has 1 atom stereocenters. The first-order valence-corrected chi connectivity index (χ1v) is 6.40. The summed E-state index contributed by atoms with van der Waals surface area (Å²) in [6, 6.07) is 4.05. The molecule has 4 nitrogen and oxygen atoms in total. The number of benzene rings is 1. The zero-order chi connectivity index (χ0) is 13.0. The van der Waals surface area contributed by atoms with Crippen molar-refractivity contribution in [3.63, 3.8) is 0 Å². The van der Waals surface area contributed by atoms with Crippen molar-refractivity contribution in [3.8, 4) is 11.5 Å². The van der Waals surface area contributed by atoms with Gasteiger partial charge in [0, 0.05) is 18.7 Å². The van der Waals surface area contributed by atoms with Crippen molar-refractivity contribution in [1.82, 2.24) is 5.32 Å². The lowest BCUT2D eigenvalue weighted by atomic mass is 10.0. The zero-order valence-electron chi connectivity index (χ0n) is 11.3. The molecule has 1 saturated heterocycles. The van der Waals surface area contributed by atoms with Gasteiger partial charge in [-0.3, -0.25) is 0 Å². The Balaban J connectivity index is 2.33. The Morgan fingerprint density at radius 2 is 2.22 bits per heavy atom. The fourth-order valence-corrected chi connectivity index (χ4v) is 2.18. The number of aryl methyl sites for hydroxylation is 1. The van der Waals surface area contributed by atoms with Gasteiger partial charge in [-0.1, -0.05) is 0 Å². The topological polar surface area (TPSA) is 39.7 Å². The molecule has 4 heteroatoms. The average Bonchev–Trinajstić information content (AvgIpc) is 2.42. The molecule has 0 aliphatic carbocycles. The highest BCUT2D eigenvalue weighted by atomic mass is 16.5. The van der Waals surface area contributed by atoms with Crippen molar-refractivity contribution in [2.24, 2.45) is 0 Å². The highest BCUT2D eigenvalue weighted by Gasteiger charge is 2.21. The predicted molar refractivity (Wildman–Crippen MR) is 70.5 cm³/mol. The van der Waals surface area contributed by atoms with Crippen LogP contribution in [-0.2, 0) is 4.74 Å². The average molecular weight is 251 g/mol. The van der Waals surface area contributed by atoms with Crippen LogP contribution in [0.25, 0.3) is 0 Å². The Morgan fingerprint density at radius 1 is 1.39 bits per heavy atom. The molecule has 100 valence electrons. The normalized spacial score (nSPS) is 19.6. The summed E-state index contributed by atoms with van der Waals surface area (Å²) < 4.78 is 16.9. The quantitative estimate of drug-likeness (QED) is 0.889. The number of methoxy groups -OCH3 is 1. The van der Waals surface area contributed by atoms with E-state index in [4.69, 9.17) is 14.2 Å². The second-order valence-electron chi connectivity index (χ2n) is 4.36. The monoisotopic (exact) mass is 251 g/mol. The maximum atomic E-state index is 5.78. The van der Waals surface area contributed by atoms with Gasteiger partial charge in [0.25, 0.3) is 0 Å². The van der Waals surface area contributed by atoms with Gasteiger partial charge in [-0.25, -0.2) is 0 Å². The van der Waals surface area contributed by atoms with Gasteiger partial charge in [0.2, 0.25) is 0 Å². The lowest BCUT2D eigenvalue weighted by Gasteiger charge is -2.26. The minimum atomic E-state index is 0.0357. The van der Waals surface area contributed by atoms with Crippen molar-refractivity contribution in [3.05, 3.63) is 23.3 Å². The van der Waals surface area contributed by atoms with E-state index in [9.17, 15) is 0 Å². The second kappa shape index (κ2) is 6.07. The molecule has 18 heavy (non-hydrogen) atoms. The Morgan fingerprint density at radius 3 is 2.83 bits per heavy atom. The van der Waals surface area contributed by atoms with E-state index in [1.807, 2.05) is 26.0 Å². The van der Waals surface area contributed by atoms with E-state index in [0.29, 0.717) is 6.61 Å². The fraction of sp³-hybridized carbons (Fsp3) is 0.571. The van der Waals surface area contributed by atoms with Crippen LogP contribution in [0.4, 0.5) is 0 Å². The molecule has 0 bridgehead atoms. The maximum Gasteiger partial charge on any atom is 0.125 e. The molecule has 0 radical (unpaired) electrons. The van der Waals surface area contributed by atoms with Crippen LogP contribution in [0.5, 0.6) is 11.5 Å². The first-order chi connectivity index (χ1) is 8.76. The van der Waals surface area contributed by atoms with Crippen LogP contribution >= 0.6 is 0 Å². The maximum absolute atomic E-state index is 5.78. The Kier molecular flexibility index (Phi) is 4.44. The Labute approximate surface area is 108 Å². The third kappa shape index (κ3) is 2.76. The molecule has 0 aromatic heterocycles. The summed E-state index contributed by atoms with van der Waals surface area (Å²) >= 11 is 0. The van der Waals surface area contributed by atoms with Crippen LogP contribution < -0.4 is 14.8 Å². The van der Waals surface area contributed by atoms with E-state index in [-0.39, 0.29) is 6.10 Å². The Bertz CT molecular complexity index is 400. The van der Waals surface area contributed by atoms with Gasteiger partial charge in [0.1, 0.15) is 11.5 Å². The van der Waals surface area contributed by atoms with Gasteiger partial charge in [-0.15, -0.1) is 0 Å². The van der Waals surface area contributed by atoms with E-state index in [2.05, 4.69) is 5.32 Å². The number of hydrogen-bond acceptors (Lipinski definition) is 4. The number of morpholine rings is 1. The summed E-state index contributed by atoms with van der Waals surface area (Å²) in [6.07, 6.45) is 0.0357. The smallest absolute Gasteiger partial charge is 0.125 e. The highest BCUT2D eigenvalue weighted by Crippen LogP contribution is 2.34. The van der Waals surface area contributed by atoms with E-state index in [1.165, 1.54) is 0 Å². The van der Waals surface area contributed by atoms with E-state index in [1.54, 1.807) is 7.11 Å². The van der Waals surface area contributed by atoms with Crippen LogP contribution in [0.2, 0.25) is 0 Å². The van der Waals surface area contributed by atoms with Gasteiger partial charge in [0.05, 0.1) is 26.4 Å². The summed E-state index contributed by atoms with van der Waals surface area (Å²) in [5, 5.41) is 3.33. The van der Waals surface area contributed by atoms with Crippen LogP contribution in [0.15, 0.2) is 12.1 Å². The first-order valence-electron chi connectivity index (χ1n) is 6.40. The molecule has 1 aromatic carbocycles. The third-order valence-electron chi connectivity index (χ3n) is 3.10. The third-order valence-corrected chi connectivity index (χ3v) is 3.10. The van der Waals surface area contributed by atoms with Crippen molar-refractivity contribution in [2.75, 3.05) is 33.4 Å². The minimum Gasteiger partial charge on any atom is -0.496 e. The number of nitrogens with one attached hydrogen (secondary N) is 1. The molecule has 1 heterocycles. The molecule has 1 aliphatic rings. The van der Waals surface area contributed by atoms with Gasteiger partial charge in [-0.05, 0) is 31.5 Å². The van der Waals surface area contributed by atoms with Crippen molar-refractivity contribution in [2.45, 2.75) is 20.0 Å². The predicted octanol–water partition coefficient (Wildman–Crippen LogP) is 2.06. The number of ether oxygens (including phenoxy) is 3. The van der Waals surface area contributed by atoms with Gasteiger partial charge >= 0.3 is 0 Å². The Hall–Kier alpha value is -1.26. The van der Waals surface area contributed by atoms with E-state index < -0.39 is 0 Å². The largest absolute Gasteiger partial charge is 0.496 e. The molecule has 1 N–H and O–H groups in total. The molecular weight excluding hydrogens is 230 g/mol. The van der Waals surface area contributed by atoms with Crippen LogP contribution in [0.1, 0.15) is 24.2 Å². The number of hydrogen-bond donors (Lipinski definition) is 1. The summed E-state index contributed by atoms with van der Waals surface area (Å²) in [4.78, 5) is 0. The number of rotatable bonds is 4. The van der Waals surface area contributed by atoms with Crippen molar-refractivity contribution < 1.29 is 14.2 Å². The standard InChI is InChI=1S/C14H21NO3/c1-4-17-12-8-11(13(16-3)7-10(12)2)14-9-15-5-6-18-14/h7-8,14-15H,4-6,9H2,1-3H3. The molecule has 0 saturated carbocycles. The van der Waals surface area contributed by atoms with E-state index in [0.717, 1.165) is 42.3 Å². The van der Waals surface area contributed by atoms with Crippen LogP contribution in [-0.4, -0.2) is 33.4 Å². The molecule has 2 rings (SSSR count). The van der Waals surface area contributed by atoms with Crippen molar-refractivity contribution in [1.29, 1.82) is 0 Å². The summed E-state index contributed by atoms with van der Waals surface area (Å²) in [7, 11) is 1.69.